The molecule has 0 aromatic carbocycles. The van der Waals surface area contributed by atoms with Gasteiger partial charge in [-0.3, -0.25) is 14.9 Å². The van der Waals surface area contributed by atoms with Gasteiger partial charge in [-0.25, -0.2) is 0 Å². The van der Waals surface area contributed by atoms with Gasteiger partial charge in [0.2, 0.25) is 5.91 Å². The number of hydrogen-bond donors (Lipinski definition) is 4. The molecule has 0 bridgehead atoms. The Morgan fingerprint density at radius 3 is 2.68 bits per heavy atom. The lowest BCUT2D eigenvalue weighted by Gasteiger charge is -2.32. The molecule has 0 unspecified atom stereocenters. The molecule has 1 rings (SSSR count). The van der Waals surface area contributed by atoms with Crippen molar-refractivity contribution in [3.8, 4) is 0 Å². The maximum absolute atomic E-state index is 11.5. The van der Waals surface area contributed by atoms with Crippen molar-refractivity contribution in [2.45, 2.75) is 57.3 Å². The van der Waals surface area contributed by atoms with Gasteiger partial charge in [0.1, 0.15) is 6.04 Å². The van der Waals surface area contributed by atoms with Crippen LogP contribution in [-0.4, -0.2) is 46.3 Å². The molecule has 0 aromatic heterocycles. The van der Waals surface area contributed by atoms with Crippen LogP contribution in [0.4, 0.5) is 0 Å². The molecule has 0 aliphatic carbocycles. The predicted molar refractivity (Wildman–Crippen MR) is 84.3 cm³/mol. The summed E-state index contributed by atoms with van der Waals surface area (Å²) in [6.45, 7) is 6.89. The van der Waals surface area contributed by atoms with Crippen LogP contribution in [0.15, 0.2) is 24.8 Å². The standard InChI is InChI=1S/C16H26N2O4/c1-4-6-8-13(20)15(17-10(3)19)14-11(7-5-2)9-12(18-14)16(21)22/h4-5,7,11-15,18,20H,1,6,8-9H2,2-3H3,(H,17,19)(H,21,22)/t11-,12-,13+,14-,15+/m1/s1. The highest BCUT2D eigenvalue weighted by Gasteiger charge is 2.42. The number of carbonyl (C=O) groups excluding carboxylic acids is 1. The van der Waals surface area contributed by atoms with Gasteiger partial charge in [-0.1, -0.05) is 18.2 Å². The van der Waals surface area contributed by atoms with Crippen LogP contribution in [0.2, 0.25) is 0 Å². The Balaban J connectivity index is 2.95. The van der Waals surface area contributed by atoms with Crippen LogP contribution in [0.1, 0.15) is 33.1 Å². The summed E-state index contributed by atoms with van der Waals surface area (Å²) in [5, 5.41) is 25.4. The second-order valence-corrected chi connectivity index (χ2v) is 5.67. The molecule has 0 aromatic rings. The van der Waals surface area contributed by atoms with Crippen molar-refractivity contribution in [2.75, 3.05) is 0 Å². The van der Waals surface area contributed by atoms with Crippen molar-refractivity contribution in [2.24, 2.45) is 5.92 Å². The lowest BCUT2D eigenvalue weighted by molar-refractivity contribution is -0.139. The van der Waals surface area contributed by atoms with Crippen molar-refractivity contribution in [1.29, 1.82) is 0 Å². The molecule has 1 fully saturated rings. The highest BCUT2D eigenvalue weighted by atomic mass is 16.4. The molecule has 22 heavy (non-hydrogen) atoms. The molecule has 5 atom stereocenters. The molecular weight excluding hydrogens is 284 g/mol. The van der Waals surface area contributed by atoms with E-state index in [1.54, 1.807) is 6.08 Å². The third-order valence-corrected chi connectivity index (χ3v) is 3.94. The van der Waals surface area contributed by atoms with Gasteiger partial charge in [0.05, 0.1) is 12.1 Å². The largest absolute Gasteiger partial charge is 0.480 e. The van der Waals surface area contributed by atoms with Crippen molar-refractivity contribution in [1.82, 2.24) is 10.6 Å². The summed E-state index contributed by atoms with van der Waals surface area (Å²) >= 11 is 0. The normalized spacial score (nSPS) is 27.5. The van der Waals surface area contributed by atoms with E-state index < -0.39 is 24.2 Å². The van der Waals surface area contributed by atoms with Gasteiger partial charge in [-0.05, 0) is 32.1 Å². The minimum Gasteiger partial charge on any atom is -0.480 e. The number of aliphatic hydroxyl groups is 1. The first-order chi connectivity index (χ1) is 10.4. The average Bonchev–Trinajstić information content (AvgIpc) is 2.86. The minimum atomic E-state index is -0.917. The predicted octanol–water partition coefficient (Wildman–Crippen LogP) is 0.826. The monoisotopic (exact) mass is 310 g/mol. The Hall–Kier alpha value is -1.66. The molecular formula is C16H26N2O4. The minimum absolute atomic E-state index is 0.0543. The fraction of sp³-hybridized carbons (Fsp3) is 0.625. The number of hydrogen-bond acceptors (Lipinski definition) is 4. The van der Waals surface area contributed by atoms with Gasteiger partial charge in [-0.15, -0.1) is 6.58 Å². The lowest BCUT2D eigenvalue weighted by Crippen LogP contribution is -2.56. The van der Waals surface area contributed by atoms with Gasteiger partial charge in [0, 0.05) is 13.0 Å². The van der Waals surface area contributed by atoms with Crippen LogP contribution in [-0.2, 0) is 9.59 Å². The Morgan fingerprint density at radius 2 is 2.18 bits per heavy atom. The van der Waals surface area contributed by atoms with E-state index in [0.717, 1.165) is 0 Å². The van der Waals surface area contributed by atoms with E-state index in [1.807, 2.05) is 19.1 Å². The molecule has 1 saturated heterocycles. The Bertz CT molecular complexity index is 436. The van der Waals surface area contributed by atoms with Crippen molar-refractivity contribution in [3.05, 3.63) is 24.8 Å². The van der Waals surface area contributed by atoms with Gasteiger partial charge >= 0.3 is 5.97 Å². The van der Waals surface area contributed by atoms with E-state index in [9.17, 15) is 19.8 Å². The number of allylic oxidation sites excluding steroid dienone is 2. The molecule has 4 N–H and O–H groups in total. The molecule has 1 aliphatic heterocycles. The molecule has 0 radical (unpaired) electrons. The molecule has 0 saturated carbocycles. The third-order valence-electron chi connectivity index (χ3n) is 3.94. The summed E-state index contributed by atoms with van der Waals surface area (Å²) in [6.07, 6.45) is 6.27. The molecule has 1 heterocycles. The maximum Gasteiger partial charge on any atom is 0.320 e. The van der Waals surface area contributed by atoms with Crippen LogP contribution in [0.3, 0.4) is 0 Å². The zero-order valence-electron chi connectivity index (χ0n) is 13.2. The summed E-state index contributed by atoms with van der Waals surface area (Å²) < 4.78 is 0. The molecule has 1 amide bonds. The van der Waals surface area contributed by atoms with Crippen LogP contribution in [0, 0.1) is 5.92 Å². The first kappa shape index (κ1) is 18.4. The van der Waals surface area contributed by atoms with Gasteiger partial charge in [-0.2, -0.15) is 0 Å². The number of carboxylic acids is 1. The maximum atomic E-state index is 11.5. The molecule has 6 heteroatoms. The number of carbonyl (C=O) groups is 2. The Morgan fingerprint density at radius 1 is 1.50 bits per heavy atom. The van der Waals surface area contributed by atoms with Crippen LogP contribution >= 0.6 is 0 Å². The number of nitrogens with one attached hydrogen (secondary N) is 2. The average molecular weight is 310 g/mol. The quantitative estimate of drug-likeness (QED) is 0.498. The van der Waals surface area contributed by atoms with E-state index in [0.29, 0.717) is 19.3 Å². The van der Waals surface area contributed by atoms with Gasteiger partial charge < -0.3 is 15.5 Å². The third kappa shape index (κ3) is 4.96. The Labute approximate surface area is 131 Å². The SMILES string of the molecule is C=CCC[C@H](O)[C@H](NC(C)=O)[C@@H]1N[C@@H](C(=O)O)C[C@H]1C=CC. The molecule has 6 nitrogen and oxygen atoms in total. The summed E-state index contributed by atoms with van der Waals surface area (Å²) in [5.74, 6) is -1.22. The number of aliphatic carboxylic acids is 1. The highest BCUT2D eigenvalue weighted by molar-refractivity contribution is 5.75. The fourth-order valence-electron chi connectivity index (χ4n) is 2.96. The smallest absolute Gasteiger partial charge is 0.320 e. The van der Waals surface area contributed by atoms with Crippen molar-refractivity contribution < 1.29 is 19.8 Å². The number of aliphatic hydroxyl groups excluding tert-OH is 1. The summed E-state index contributed by atoms with van der Waals surface area (Å²) in [7, 11) is 0. The van der Waals surface area contributed by atoms with Gasteiger partial charge in [0.25, 0.3) is 0 Å². The number of carboxylic acid groups (broad SMARTS) is 1. The van der Waals surface area contributed by atoms with E-state index in [2.05, 4.69) is 17.2 Å². The number of rotatable bonds is 8. The molecule has 124 valence electrons. The highest BCUT2D eigenvalue weighted by Crippen LogP contribution is 2.27. The summed E-state index contributed by atoms with van der Waals surface area (Å²) in [6, 6.07) is -1.53. The summed E-state index contributed by atoms with van der Waals surface area (Å²) in [5.41, 5.74) is 0. The zero-order chi connectivity index (χ0) is 16.7. The molecule has 1 aliphatic rings. The zero-order valence-corrected chi connectivity index (χ0v) is 13.2. The van der Waals surface area contributed by atoms with Crippen LogP contribution < -0.4 is 10.6 Å². The van der Waals surface area contributed by atoms with Crippen molar-refractivity contribution in [3.63, 3.8) is 0 Å². The first-order valence-electron chi connectivity index (χ1n) is 7.58. The van der Waals surface area contributed by atoms with E-state index in [-0.39, 0.29) is 17.9 Å². The second-order valence-electron chi connectivity index (χ2n) is 5.67. The van der Waals surface area contributed by atoms with E-state index >= 15 is 0 Å². The van der Waals surface area contributed by atoms with Crippen LogP contribution in [0.5, 0.6) is 0 Å². The van der Waals surface area contributed by atoms with Gasteiger partial charge in [0.15, 0.2) is 0 Å². The lowest BCUT2D eigenvalue weighted by atomic mass is 9.89. The van der Waals surface area contributed by atoms with Crippen LogP contribution in [0.25, 0.3) is 0 Å². The first-order valence-corrected chi connectivity index (χ1v) is 7.58. The van der Waals surface area contributed by atoms with Crippen molar-refractivity contribution >= 4 is 11.9 Å². The second kappa shape index (κ2) is 8.70. The topological polar surface area (TPSA) is 98.7 Å². The number of amides is 1. The van der Waals surface area contributed by atoms with E-state index in [4.69, 9.17) is 0 Å². The Kier molecular flexibility index (Phi) is 7.27. The fourth-order valence-corrected chi connectivity index (χ4v) is 2.96. The summed E-state index contributed by atoms with van der Waals surface area (Å²) in [4.78, 5) is 22.7. The van der Waals surface area contributed by atoms with E-state index in [1.165, 1.54) is 6.92 Å². The molecule has 0 spiro atoms.